The fraction of sp³-hybridized carbons (Fsp3) is 0.154. The average Bonchev–Trinajstić information content (AvgIpc) is 2.83. The molecule has 0 radical (unpaired) electrons. The van der Waals surface area contributed by atoms with E-state index in [0.717, 1.165) is 5.56 Å². The SMILES string of the molecule is CCOc1ccccc1C1C(C#N)=C(N)Oc2cc(OC(=O)COc3ccc(Cl)cc3Cl)ccc21. The molecule has 0 saturated carbocycles. The van der Waals surface area contributed by atoms with Crippen LogP contribution in [-0.2, 0) is 4.79 Å². The number of carbonyl (C=O) groups excluding carboxylic acids is 1. The van der Waals surface area contributed by atoms with E-state index in [1.54, 1.807) is 30.3 Å². The Morgan fingerprint density at radius 3 is 2.60 bits per heavy atom. The molecule has 7 nitrogen and oxygen atoms in total. The summed E-state index contributed by atoms with van der Waals surface area (Å²) in [6.45, 7) is 1.98. The molecule has 35 heavy (non-hydrogen) atoms. The van der Waals surface area contributed by atoms with E-state index in [0.29, 0.717) is 34.4 Å². The number of nitriles is 1. The molecule has 0 aromatic heterocycles. The highest BCUT2D eigenvalue weighted by Gasteiger charge is 2.33. The first-order valence-corrected chi connectivity index (χ1v) is 11.4. The third-order valence-corrected chi connectivity index (χ3v) is 5.72. The summed E-state index contributed by atoms with van der Waals surface area (Å²) in [5.41, 5.74) is 7.82. The van der Waals surface area contributed by atoms with Crippen molar-refractivity contribution in [2.75, 3.05) is 13.2 Å². The minimum Gasteiger partial charge on any atom is -0.494 e. The van der Waals surface area contributed by atoms with Crippen molar-refractivity contribution in [3.05, 3.63) is 93.3 Å². The topological polar surface area (TPSA) is 104 Å². The maximum Gasteiger partial charge on any atom is 0.349 e. The molecule has 3 aromatic carbocycles. The normalized spacial score (nSPS) is 14.4. The number of para-hydroxylation sites is 1. The van der Waals surface area contributed by atoms with Crippen molar-refractivity contribution in [2.45, 2.75) is 12.8 Å². The standard InChI is InChI=1S/C26H20Cl2N2O5/c1-2-32-21-6-4-3-5-17(21)25-18-9-8-16(12-23(18)35-26(30)19(25)13-29)34-24(31)14-33-22-10-7-15(27)11-20(22)28/h3-12,25H,2,14,30H2,1H3. The van der Waals surface area contributed by atoms with Crippen LogP contribution < -0.4 is 24.7 Å². The predicted molar refractivity (Wildman–Crippen MR) is 131 cm³/mol. The van der Waals surface area contributed by atoms with Crippen molar-refractivity contribution in [3.8, 4) is 29.1 Å². The lowest BCUT2D eigenvalue weighted by Gasteiger charge is -2.27. The smallest absolute Gasteiger partial charge is 0.349 e. The van der Waals surface area contributed by atoms with Crippen LogP contribution in [-0.4, -0.2) is 19.2 Å². The van der Waals surface area contributed by atoms with E-state index in [1.807, 2.05) is 31.2 Å². The Labute approximate surface area is 212 Å². The number of rotatable bonds is 7. The van der Waals surface area contributed by atoms with Crippen molar-refractivity contribution in [3.63, 3.8) is 0 Å². The molecule has 1 unspecified atom stereocenters. The maximum absolute atomic E-state index is 12.3. The lowest BCUT2D eigenvalue weighted by atomic mass is 9.83. The summed E-state index contributed by atoms with van der Waals surface area (Å²) in [5.74, 6) is 0.356. The van der Waals surface area contributed by atoms with Gasteiger partial charge in [0.25, 0.3) is 0 Å². The molecular weight excluding hydrogens is 491 g/mol. The number of fused-ring (bicyclic) bond motifs is 1. The molecule has 0 bridgehead atoms. The van der Waals surface area contributed by atoms with Gasteiger partial charge in [-0.1, -0.05) is 47.5 Å². The molecule has 4 rings (SSSR count). The van der Waals surface area contributed by atoms with Gasteiger partial charge < -0.3 is 24.7 Å². The summed E-state index contributed by atoms with van der Waals surface area (Å²) in [5, 5.41) is 10.5. The van der Waals surface area contributed by atoms with Crippen LogP contribution in [0.2, 0.25) is 10.0 Å². The van der Waals surface area contributed by atoms with Gasteiger partial charge in [0.15, 0.2) is 6.61 Å². The second-order valence-electron chi connectivity index (χ2n) is 7.43. The lowest BCUT2D eigenvalue weighted by Crippen LogP contribution is -2.22. The van der Waals surface area contributed by atoms with Gasteiger partial charge in [0.1, 0.15) is 34.6 Å². The Kier molecular flexibility index (Phi) is 7.35. The molecule has 0 fully saturated rings. The zero-order valence-electron chi connectivity index (χ0n) is 18.6. The minimum atomic E-state index is -0.647. The van der Waals surface area contributed by atoms with Gasteiger partial charge in [-0.05, 0) is 37.3 Å². The van der Waals surface area contributed by atoms with Crippen LogP contribution in [0.5, 0.6) is 23.0 Å². The number of allylic oxidation sites excluding steroid dienone is 1. The number of nitrogens with two attached hydrogens (primary N) is 1. The van der Waals surface area contributed by atoms with E-state index in [9.17, 15) is 10.1 Å². The predicted octanol–water partition coefficient (Wildman–Crippen LogP) is 5.59. The Morgan fingerprint density at radius 2 is 1.86 bits per heavy atom. The van der Waals surface area contributed by atoms with Crippen LogP contribution in [0, 0.1) is 11.3 Å². The highest BCUT2D eigenvalue weighted by molar-refractivity contribution is 6.35. The van der Waals surface area contributed by atoms with E-state index >= 15 is 0 Å². The first kappa shape index (κ1) is 24.3. The first-order chi connectivity index (χ1) is 16.9. The molecule has 0 saturated heterocycles. The van der Waals surface area contributed by atoms with Crippen LogP contribution in [0.3, 0.4) is 0 Å². The molecule has 1 atom stereocenters. The number of benzene rings is 3. The van der Waals surface area contributed by atoms with Gasteiger partial charge >= 0.3 is 5.97 Å². The summed E-state index contributed by atoms with van der Waals surface area (Å²) in [4.78, 5) is 12.3. The molecule has 0 aliphatic carbocycles. The highest BCUT2D eigenvalue weighted by Crippen LogP contribution is 2.45. The average molecular weight is 511 g/mol. The van der Waals surface area contributed by atoms with Gasteiger partial charge in [0.2, 0.25) is 5.88 Å². The molecule has 1 heterocycles. The van der Waals surface area contributed by atoms with Gasteiger partial charge in [-0.25, -0.2) is 4.79 Å². The van der Waals surface area contributed by atoms with Crippen LogP contribution in [0.4, 0.5) is 0 Å². The van der Waals surface area contributed by atoms with Gasteiger partial charge in [0, 0.05) is 22.2 Å². The molecule has 9 heteroatoms. The van der Waals surface area contributed by atoms with Gasteiger partial charge in [-0.2, -0.15) is 5.26 Å². The third kappa shape index (κ3) is 5.29. The largest absolute Gasteiger partial charge is 0.494 e. The Hall–Kier alpha value is -3.86. The maximum atomic E-state index is 12.3. The lowest BCUT2D eigenvalue weighted by molar-refractivity contribution is -0.136. The van der Waals surface area contributed by atoms with Crippen LogP contribution in [0.15, 0.2) is 72.1 Å². The van der Waals surface area contributed by atoms with Crippen molar-refractivity contribution in [2.24, 2.45) is 5.73 Å². The zero-order valence-corrected chi connectivity index (χ0v) is 20.1. The summed E-state index contributed by atoms with van der Waals surface area (Å²) in [6.07, 6.45) is 0. The third-order valence-electron chi connectivity index (χ3n) is 5.19. The highest BCUT2D eigenvalue weighted by atomic mass is 35.5. The molecule has 178 valence electrons. The van der Waals surface area contributed by atoms with Gasteiger partial charge in [0.05, 0.1) is 17.5 Å². The Morgan fingerprint density at radius 1 is 1.06 bits per heavy atom. The molecule has 1 aliphatic heterocycles. The van der Waals surface area contributed by atoms with Crippen molar-refractivity contribution >= 4 is 29.2 Å². The van der Waals surface area contributed by atoms with Crippen molar-refractivity contribution < 1.29 is 23.7 Å². The van der Waals surface area contributed by atoms with Gasteiger partial charge in [-0.3, -0.25) is 0 Å². The van der Waals surface area contributed by atoms with E-state index in [2.05, 4.69) is 6.07 Å². The van der Waals surface area contributed by atoms with Crippen LogP contribution in [0.25, 0.3) is 0 Å². The second kappa shape index (κ2) is 10.6. The van der Waals surface area contributed by atoms with E-state index in [1.165, 1.54) is 6.07 Å². The van der Waals surface area contributed by atoms with E-state index in [-0.39, 0.29) is 28.8 Å². The molecule has 0 spiro atoms. The first-order valence-electron chi connectivity index (χ1n) is 10.6. The number of hydrogen-bond donors (Lipinski definition) is 1. The number of hydrogen-bond acceptors (Lipinski definition) is 7. The molecule has 1 aliphatic rings. The van der Waals surface area contributed by atoms with E-state index < -0.39 is 11.9 Å². The van der Waals surface area contributed by atoms with Crippen LogP contribution in [0.1, 0.15) is 24.0 Å². The molecule has 2 N–H and O–H groups in total. The summed E-state index contributed by atoms with van der Waals surface area (Å²) in [7, 11) is 0. The number of carbonyl (C=O) groups is 1. The molecular formula is C26H20Cl2N2O5. The zero-order chi connectivity index (χ0) is 24.9. The minimum absolute atomic E-state index is 0.0273. The van der Waals surface area contributed by atoms with Crippen molar-refractivity contribution in [1.29, 1.82) is 5.26 Å². The summed E-state index contributed by atoms with van der Waals surface area (Å²) in [6, 6.07) is 19.1. The quantitative estimate of drug-likeness (QED) is 0.326. The summed E-state index contributed by atoms with van der Waals surface area (Å²) >= 11 is 11.9. The Balaban J connectivity index is 1.57. The molecule has 3 aromatic rings. The second-order valence-corrected chi connectivity index (χ2v) is 8.28. The van der Waals surface area contributed by atoms with Crippen LogP contribution >= 0.6 is 23.2 Å². The summed E-state index contributed by atoms with van der Waals surface area (Å²) < 4.78 is 22.3. The Bertz CT molecular complexity index is 1350. The molecule has 0 amide bonds. The number of esters is 1. The van der Waals surface area contributed by atoms with Crippen molar-refractivity contribution in [1.82, 2.24) is 0 Å². The number of nitrogens with zero attached hydrogens (tertiary/aromatic N) is 1. The number of halogens is 2. The monoisotopic (exact) mass is 510 g/mol. The fourth-order valence-corrected chi connectivity index (χ4v) is 4.18. The van der Waals surface area contributed by atoms with E-state index in [4.69, 9.17) is 47.9 Å². The number of ether oxygens (including phenoxy) is 4. The van der Waals surface area contributed by atoms with Gasteiger partial charge in [-0.15, -0.1) is 0 Å². The fourth-order valence-electron chi connectivity index (χ4n) is 3.71.